The fourth-order valence-electron chi connectivity index (χ4n) is 2.58. The molecule has 2 aromatic heterocycles. The second-order valence-electron chi connectivity index (χ2n) is 4.75. The van der Waals surface area contributed by atoms with Crippen molar-refractivity contribution in [2.75, 3.05) is 25.2 Å². The van der Waals surface area contributed by atoms with E-state index in [0.29, 0.717) is 12.6 Å². The summed E-state index contributed by atoms with van der Waals surface area (Å²) in [6.07, 6.45) is 4.07. The molecule has 0 aliphatic rings. The molecule has 2 heterocycles. The molecule has 5 nitrogen and oxygen atoms in total. The summed E-state index contributed by atoms with van der Waals surface area (Å²) in [6, 6.07) is 0.417. The van der Waals surface area contributed by atoms with Gasteiger partial charge < -0.3 is 14.7 Å². The van der Waals surface area contributed by atoms with Gasteiger partial charge in [-0.25, -0.2) is 4.98 Å². The van der Waals surface area contributed by atoms with Crippen molar-refractivity contribution >= 4 is 22.1 Å². The van der Waals surface area contributed by atoms with Crippen molar-refractivity contribution < 1.29 is 9.84 Å². The number of imidazole rings is 1. The minimum atomic E-state index is -0.00311. The maximum Gasteiger partial charge on any atom is 0.195 e. The molecule has 2 aromatic rings. The molecule has 1 N–H and O–H groups in total. The number of aromatic nitrogens is 2. The van der Waals surface area contributed by atoms with Crippen LogP contribution in [0.2, 0.25) is 0 Å². The van der Waals surface area contributed by atoms with Gasteiger partial charge >= 0.3 is 0 Å². The van der Waals surface area contributed by atoms with E-state index in [9.17, 15) is 5.11 Å². The van der Waals surface area contributed by atoms with Crippen LogP contribution in [0.5, 0.6) is 0 Å². The van der Waals surface area contributed by atoms with E-state index >= 15 is 0 Å². The monoisotopic (exact) mass is 297 g/mol. The number of ether oxygens (including phenoxy) is 1. The topological polar surface area (TPSA) is 50.0 Å². The SMILES string of the molecule is CCC(CC)N(CCOC)c1nc2sccn2c1CO. The Labute approximate surface area is 123 Å². The summed E-state index contributed by atoms with van der Waals surface area (Å²) in [5.74, 6) is 0.894. The zero-order valence-corrected chi connectivity index (χ0v) is 13.2. The number of rotatable bonds is 8. The van der Waals surface area contributed by atoms with Gasteiger partial charge in [0.05, 0.1) is 18.9 Å². The van der Waals surface area contributed by atoms with E-state index in [1.165, 1.54) is 0 Å². The van der Waals surface area contributed by atoms with E-state index in [1.54, 1.807) is 18.4 Å². The van der Waals surface area contributed by atoms with Gasteiger partial charge in [0.15, 0.2) is 10.8 Å². The number of fused-ring (bicyclic) bond motifs is 1. The molecule has 20 heavy (non-hydrogen) atoms. The third-order valence-electron chi connectivity index (χ3n) is 3.68. The minimum absolute atomic E-state index is 0.00311. The van der Waals surface area contributed by atoms with Crippen LogP contribution in [0.15, 0.2) is 11.6 Å². The van der Waals surface area contributed by atoms with Gasteiger partial charge in [0.2, 0.25) is 0 Å². The van der Waals surface area contributed by atoms with Crippen LogP contribution in [0.3, 0.4) is 0 Å². The fraction of sp³-hybridized carbons (Fsp3) is 0.643. The zero-order chi connectivity index (χ0) is 14.5. The van der Waals surface area contributed by atoms with Crippen LogP contribution < -0.4 is 4.90 Å². The zero-order valence-electron chi connectivity index (χ0n) is 12.4. The van der Waals surface area contributed by atoms with Crippen LogP contribution in [0, 0.1) is 0 Å². The molecule has 112 valence electrons. The lowest BCUT2D eigenvalue weighted by Gasteiger charge is -2.31. The molecule has 0 unspecified atom stereocenters. The Morgan fingerprint density at radius 1 is 1.45 bits per heavy atom. The van der Waals surface area contributed by atoms with Crippen LogP contribution >= 0.6 is 11.3 Å². The Bertz CT molecular complexity index is 533. The van der Waals surface area contributed by atoms with E-state index in [0.717, 1.165) is 35.9 Å². The number of aliphatic hydroxyl groups is 1. The Kier molecular flexibility index (Phi) is 5.39. The van der Waals surface area contributed by atoms with Gasteiger partial charge in [0, 0.05) is 31.3 Å². The summed E-state index contributed by atoms with van der Waals surface area (Å²) in [4.78, 5) is 7.91. The molecule has 0 spiro atoms. The molecule has 0 atom stereocenters. The van der Waals surface area contributed by atoms with Crippen molar-refractivity contribution in [1.82, 2.24) is 9.38 Å². The molecule has 0 fully saturated rings. The molecular weight excluding hydrogens is 274 g/mol. The number of aliphatic hydroxyl groups excluding tert-OH is 1. The number of hydrogen-bond donors (Lipinski definition) is 1. The van der Waals surface area contributed by atoms with Crippen molar-refractivity contribution in [3.05, 3.63) is 17.3 Å². The molecule has 0 saturated heterocycles. The standard InChI is InChI=1S/C14H23N3O2S/c1-4-11(5-2)16(6-8-19-3)13-12(10-18)17-7-9-20-14(17)15-13/h7,9,11,18H,4-6,8,10H2,1-3H3. The quantitative estimate of drug-likeness (QED) is 0.813. The van der Waals surface area contributed by atoms with E-state index in [2.05, 4.69) is 18.7 Å². The summed E-state index contributed by atoms with van der Waals surface area (Å²) < 4.78 is 7.20. The number of methoxy groups -OCH3 is 1. The first-order valence-corrected chi connectivity index (χ1v) is 7.95. The molecule has 0 aliphatic heterocycles. The fourth-order valence-corrected chi connectivity index (χ4v) is 3.31. The predicted molar refractivity (Wildman–Crippen MR) is 82.6 cm³/mol. The highest BCUT2D eigenvalue weighted by molar-refractivity contribution is 7.15. The van der Waals surface area contributed by atoms with Gasteiger partial charge in [-0.15, -0.1) is 11.3 Å². The average Bonchev–Trinajstić information content (AvgIpc) is 3.03. The number of thiazole rings is 1. The molecule has 2 rings (SSSR count). The second-order valence-corrected chi connectivity index (χ2v) is 5.63. The lowest BCUT2D eigenvalue weighted by molar-refractivity contribution is 0.202. The molecule has 0 aromatic carbocycles. The molecule has 0 bridgehead atoms. The third kappa shape index (κ3) is 2.82. The summed E-state index contributed by atoms with van der Waals surface area (Å²) in [7, 11) is 1.71. The predicted octanol–water partition coefficient (Wildman–Crippen LogP) is 2.53. The first-order chi connectivity index (χ1) is 9.76. The maximum absolute atomic E-state index is 9.71. The average molecular weight is 297 g/mol. The highest BCUT2D eigenvalue weighted by atomic mass is 32.1. The Hall–Kier alpha value is -1.11. The smallest absolute Gasteiger partial charge is 0.195 e. The van der Waals surface area contributed by atoms with Gasteiger partial charge in [0.1, 0.15) is 0 Å². The van der Waals surface area contributed by atoms with E-state index in [4.69, 9.17) is 9.72 Å². The van der Waals surface area contributed by atoms with Crippen molar-refractivity contribution in [3.63, 3.8) is 0 Å². The van der Waals surface area contributed by atoms with E-state index in [1.807, 2.05) is 16.0 Å². The molecule has 0 saturated carbocycles. The maximum atomic E-state index is 9.71. The summed E-state index contributed by atoms with van der Waals surface area (Å²) in [5.41, 5.74) is 0.865. The van der Waals surface area contributed by atoms with Gasteiger partial charge in [-0.3, -0.25) is 4.40 Å². The minimum Gasteiger partial charge on any atom is -0.390 e. The highest BCUT2D eigenvalue weighted by Crippen LogP contribution is 2.27. The number of nitrogens with zero attached hydrogens (tertiary/aromatic N) is 3. The van der Waals surface area contributed by atoms with Gasteiger partial charge in [-0.1, -0.05) is 13.8 Å². The Balaban J connectivity index is 2.40. The lowest BCUT2D eigenvalue weighted by Crippen LogP contribution is -2.38. The first-order valence-electron chi connectivity index (χ1n) is 7.07. The van der Waals surface area contributed by atoms with E-state index < -0.39 is 0 Å². The third-order valence-corrected chi connectivity index (χ3v) is 4.44. The summed E-state index contributed by atoms with van der Waals surface area (Å²) in [6.45, 7) is 5.82. The number of anilines is 1. The molecule has 0 aliphatic carbocycles. The largest absolute Gasteiger partial charge is 0.390 e. The first kappa shape index (κ1) is 15.3. The summed E-state index contributed by atoms with van der Waals surface area (Å²) >= 11 is 1.59. The van der Waals surface area contributed by atoms with Gasteiger partial charge in [-0.2, -0.15) is 0 Å². The lowest BCUT2D eigenvalue weighted by atomic mass is 10.1. The summed E-state index contributed by atoms with van der Waals surface area (Å²) in [5, 5.41) is 11.7. The molecule has 6 heteroatoms. The highest BCUT2D eigenvalue weighted by Gasteiger charge is 2.23. The molecule has 0 amide bonds. The normalized spacial score (nSPS) is 11.7. The van der Waals surface area contributed by atoms with Crippen molar-refractivity contribution in [2.45, 2.75) is 39.3 Å². The van der Waals surface area contributed by atoms with Gasteiger partial charge in [0.25, 0.3) is 0 Å². The van der Waals surface area contributed by atoms with Crippen LogP contribution in [-0.2, 0) is 11.3 Å². The van der Waals surface area contributed by atoms with Gasteiger partial charge in [-0.05, 0) is 12.8 Å². The molecular formula is C14H23N3O2S. The Morgan fingerprint density at radius 2 is 2.20 bits per heavy atom. The van der Waals surface area contributed by atoms with Crippen LogP contribution in [0.4, 0.5) is 5.82 Å². The van der Waals surface area contributed by atoms with E-state index in [-0.39, 0.29) is 6.61 Å². The number of hydrogen-bond acceptors (Lipinski definition) is 5. The molecule has 0 radical (unpaired) electrons. The van der Waals surface area contributed by atoms with Crippen LogP contribution in [0.1, 0.15) is 32.4 Å². The van der Waals surface area contributed by atoms with Crippen LogP contribution in [-0.4, -0.2) is 40.8 Å². The van der Waals surface area contributed by atoms with Crippen molar-refractivity contribution in [3.8, 4) is 0 Å². The Morgan fingerprint density at radius 3 is 2.80 bits per heavy atom. The second kappa shape index (κ2) is 7.06. The van der Waals surface area contributed by atoms with Crippen molar-refractivity contribution in [2.24, 2.45) is 0 Å². The van der Waals surface area contributed by atoms with Crippen molar-refractivity contribution in [1.29, 1.82) is 0 Å². The van der Waals surface area contributed by atoms with Crippen LogP contribution in [0.25, 0.3) is 4.96 Å².